The number of nitrogens with one attached hydrogen (secondary N) is 1. The number of amides is 1. The van der Waals surface area contributed by atoms with Gasteiger partial charge in [0, 0.05) is 11.6 Å². The molecule has 0 spiro atoms. The molecule has 0 heterocycles. The zero-order valence-corrected chi connectivity index (χ0v) is 14.1. The highest BCUT2D eigenvalue weighted by Gasteiger charge is 2.17. The number of hydrogen-bond acceptors (Lipinski definition) is 5. The van der Waals surface area contributed by atoms with E-state index in [1.807, 2.05) is 0 Å². The standard InChI is InChI=1S/C17H14ClNO6/c1-24-14-8-13(12(18)7-11(14)16(21)22)19-15(20)9-4-3-5-10(6-9)17(23)25-2/h3-8H,1-2H3,(H,19,20)(H,21,22). The second-order valence-corrected chi connectivity index (χ2v) is 5.27. The third-order valence-corrected chi connectivity index (χ3v) is 3.63. The first kappa shape index (κ1) is 18.3. The maximum Gasteiger partial charge on any atom is 0.339 e. The summed E-state index contributed by atoms with van der Waals surface area (Å²) in [6, 6.07) is 8.44. The van der Waals surface area contributed by atoms with Crippen molar-refractivity contribution in [1.29, 1.82) is 0 Å². The van der Waals surface area contributed by atoms with E-state index in [1.54, 1.807) is 0 Å². The van der Waals surface area contributed by atoms with E-state index in [0.717, 1.165) is 0 Å². The Morgan fingerprint density at radius 3 is 2.36 bits per heavy atom. The molecule has 0 aliphatic rings. The molecule has 0 aliphatic carbocycles. The molecule has 0 aliphatic heterocycles. The lowest BCUT2D eigenvalue weighted by Gasteiger charge is -2.12. The SMILES string of the molecule is COC(=O)c1cccc(C(=O)Nc2cc(OC)c(C(=O)O)cc2Cl)c1. The summed E-state index contributed by atoms with van der Waals surface area (Å²) in [5, 5.41) is 11.7. The average Bonchev–Trinajstić information content (AvgIpc) is 2.62. The Balaban J connectivity index is 2.32. The number of carboxylic acid groups (broad SMARTS) is 1. The van der Waals surface area contributed by atoms with Gasteiger partial charge in [-0.1, -0.05) is 17.7 Å². The summed E-state index contributed by atoms with van der Waals surface area (Å²) >= 11 is 6.03. The number of hydrogen-bond donors (Lipinski definition) is 2. The van der Waals surface area contributed by atoms with Crippen LogP contribution < -0.4 is 10.1 Å². The Bertz CT molecular complexity index is 849. The van der Waals surface area contributed by atoms with Gasteiger partial charge < -0.3 is 19.9 Å². The number of ether oxygens (including phenoxy) is 2. The van der Waals surface area contributed by atoms with Gasteiger partial charge in [-0.2, -0.15) is 0 Å². The first-order valence-corrected chi connectivity index (χ1v) is 7.35. The fraction of sp³-hybridized carbons (Fsp3) is 0.118. The van der Waals surface area contributed by atoms with Crippen molar-refractivity contribution in [2.24, 2.45) is 0 Å². The topological polar surface area (TPSA) is 102 Å². The van der Waals surface area contributed by atoms with E-state index in [-0.39, 0.29) is 33.1 Å². The van der Waals surface area contributed by atoms with Gasteiger partial charge in [-0.25, -0.2) is 9.59 Å². The molecule has 8 heteroatoms. The van der Waals surface area contributed by atoms with E-state index in [1.165, 1.54) is 50.6 Å². The smallest absolute Gasteiger partial charge is 0.339 e. The number of methoxy groups -OCH3 is 2. The van der Waals surface area contributed by atoms with E-state index in [9.17, 15) is 14.4 Å². The number of rotatable bonds is 5. The van der Waals surface area contributed by atoms with Crippen LogP contribution in [0.3, 0.4) is 0 Å². The van der Waals surface area contributed by atoms with Gasteiger partial charge in [0.1, 0.15) is 11.3 Å². The van der Waals surface area contributed by atoms with Gasteiger partial charge in [0.05, 0.1) is 30.5 Å². The molecule has 2 aromatic carbocycles. The number of aromatic carboxylic acids is 1. The fourth-order valence-corrected chi connectivity index (χ4v) is 2.30. The number of carboxylic acids is 1. The van der Waals surface area contributed by atoms with Crippen LogP contribution >= 0.6 is 11.6 Å². The van der Waals surface area contributed by atoms with Crippen molar-refractivity contribution in [1.82, 2.24) is 0 Å². The number of carbonyl (C=O) groups is 3. The van der Waals surface area contributed by atoms with Crippen molar-refractivity contribution < 1.29 is 29.0 Å². The molecule has 2 rings (SSSR count). The van der Waals surface area contributed by atoms with Crippen LogP contribution in [0.15, 0.2) is 36.4 Å². The van der Waals surface area contributed by atoms with Crippen LogP contribution in [0, 0.1) is 0 Å². The Labute approximate surface area is 148 Å². The molecule has 130 valence electrons. The minimum atomic E-state index is -1.21. The highest BCUT2D eigenvalue weighted by atomic mass is 35.5. The monoisotopic (exact) mass is 363 g/mol. The maximum absolute atomic E-state index is 12.4. The number of esters is 1. The van der Waals surface area contributed by atoms with Crippen molar-refractivity contribution in [2.75, 3.05) is 19.5 Å². The molecule has 0 aromatic heterocycles. The molecule has 2 aromatic rings. The van der Waals surface area contributed by atoms with Crippen LogP contribution in [0.2, 0.25) is 5.02 Å². The third-order valence-electron chi connectivity index (χ3n) is 3.31. The largest absolute Gasteiger partial charge is 0.496 e. The normalized spacial score (nSPS) is 10.0. The van der Waals surface area contributed by atoms with Gasteiger partial charge in [-0.3, -0.25) is 4.79 Å². The van der Waals surface area contributed by atoms with Crippen molar-refractivity contribution in [2.45, 2.75) is 0 Å². The predicted octanol–water partition coefficient (Wildman–Crippen LogP) is 3.09. The molecule has 0 saturated heterocycles. The fourth-order valence-electron chi connectivity index (χ4n) is 2.08. The van der Waals surface area contributed by atoms with Crippen LogP contribution in [0.1, 0.15) is 31.1 Å². The molecule has 1 amide bonds. The number of carbonyl (C=O) groups excluding carboxylic acids is 2. The predicted molar refractivity (Wildman–Crippen MR) is 90.7 cm³/mol. The summed E-state index contributed by atoms with van der Waals surface area (Å²) in [5.41, 5.74) is 0.482. The molecule has 0 bridgehead atoms. The van der Waals surface area contributed by atoms with Crippen LogP contribution in [0.25, 0.3) is 0 Å². The second-order valence-electron chi connectivity index (χ2n) is 4.86. The Kier molecular flexibility index (Phi) is 5.61. The minimum Gasteiger partial charge on any atom is -0.496 e. The number of halogens is 1. The number of benzene rings is 2. The van der Waals surface area contributed by atoms with Crippen molar-refractivity contribution in [3.8, 4) is 5.75 Å². The van der Waals surface area contributed by atoms with Crippen LogP contribution in [-0.4, -0.2) is 37.2 Å². The van der Waals surface area contributed by atoms with Gasteiger partial charge in [-0.15, -0.1) is 0 Å². The highest BCUT2D eigenvalue weighted by molar-refractivity contribution is 6.34. The molecule has 0 unspecified atom stereocenters. The summed E-state index contributed by atoms with van der Waals surface area (Å²) in [4.78, 5) is 35.1. The molecule has 0 fully saturated rings. The van der Waals surface area contributed by atoms with Gasteiger partial charge in [0.2, 0.25) is 0 Å². The van der Waals surface area contributed by atoms with Crippen molar-refractivity contribution in [3.05, 3.63) is 58.1 Å². The zero-order valence-electron chi connectivity index (χ0n) is 13.3. The van der Waals surface area contributed by atoms with E-state index >= 15 is 0 Å². The van der Waals surface area contributed by atoms with Crippen LogP contribution in [0.4, 0.5) is 5.69 Å². The van der Waals surface area contributed by atoms with Crippen molar-refractivity contribution >= 4 is 35.1 Å². The summed E-state index contributed by atoms with van der Waals surface area (Å²) < 4.78 is 9.61. The molecule has 2 N–H and O–H groups in total. The summed E-state index contributed by atoms with van der Waals surface area (Å²) in [7, 11) is 2.55. The lowest BCUT2D eigenvalue weighted by atomic mass is 10.1. The quantitative estimate of drug-likeness (QED) is 0.791. The molecular formula is C17H14ClNO6. The van der Waals surface area contributed by atoms with Crippen LogP contribution in [0.5, 0.6) is 5.75 Å². The van der Waals surface area contributed by atoms with Gasteiger partial charge in [0.25, 0.3) is 5.91 Å². The first-order chi connectivity index (χ1) is 11.9. The Morgan fingerprint density at radius 1 is 1.08 bits per heavy atom. The summed E-state index contributed by atoms with van der Waals surface area (Å²) in [6.45, 7) is 0. The second kappa shape index (κ2) is 7.67. The van der Waals surface area contributed by atoms with E-state index in [2.05, 4.69) is 10.1 Å². The molecule has 0 radical (unpaired) electrons. The van der Waals surface area contributed by atoms with E-state index < -0.39 is 17.8 Å². The third kappa shape index (κ3) is 4.07. The number of anilines is 1. The zero-order chi connectivity index (χ0) is 18.6. The van der Waals surface area contributed by atoms with Crippen LogP contribution in [-0.2, 0) is 4.74 Å². The maximum atomic E-state index is 12.4. The average molecular weight is 364 g/mol. The Morgan fingerprint density at radius 2 is 1.76 bits per heavy atom. The summed E-state index contributed by atoms with van der Waals surface area (Å²) in [6.07, 6.45) is 0. The first-order valence-electron chi connectivity index (χ1n) is 6.98. The lowest BCUT2D eigenvalue weighted by Crippen LogP contribution is -2.14. The van der Waals surface area contributed by atoms with Gasteiger partial charge >= 0.3 is 11.9 Å². The van der Waals surface area contributed by atoms with Gasteiger partial charge in [0.15, 0.2) is 0 Å². The van der Waals surface area contributed by atoms with Gasteiger partial charge in [-0.05, 0) is 24.3 Å². The molecule has 7 nitrogen and oxygen atoms in total. The molecule has 25 heavy (non-hydrogen) atoms. The summed E-state index contributed by atoms with van der Waals surface area (Å²) in [5.74, 6) is -2.25. The van der Waals surface area contributed by atoms with E-state index in [4.69, 9.17) is 21.4 Å². The minimum absolute atomic E-state index is 0.0377. The van der Waals surface area contributed by atoms with E-state index in [0.29, 0.717) is 0 Å². The van der Waals surface area contributed by atoms with Crippen molar-refractivity contribution in [3.63, 3.8) is 0 Å². The molecular weight excluding hydrogens is 350 g/mol. The molecule has 0 atom stereocenters. The molecule has 0 saturated carbocycles. The lowest BCUT2D eigenvalue weighted by molar-refractivity contribution is 0.0599. The highest BCUT2D eigenvalue weighted by Crippen LogP contribution is 2.31. The Hall–Kier alpha value is -3.06.